The van der Waals surface area contributed by atoms with Crippen LogP contribution in [0.2, 0.25) is 0 Å². The Morgan fingerprint density at radius 2 is 1.30 bits per heavy atom. The van der Waals surface area contributed by atoms with Crippen molar-refractivity contribution in [3.05, 3.63) is 0 Å². The molecule has 0 radical (unpaired) electrons. The molecule has 148 valence electrons. The van der Waals surface area contributed by atoms with Crippen LogP contribution in [0.25, 0.3) is 0 Å². The molecule has 2 saturated heterocycles. The van der Waals surface area contributed by atoms with Crippen molar-refractivity contribution >= 4 is 23.4 Å². The summed E-state index contributed by atoms with van der Waals surface area (Å²) in [6, 6.07) is -0.0304. The lowest BCUT2D eigenvalue weighted by atomic mass is 9.81. The Bertz CT molecular complexity index is 670. The number of carbonyl (C=O) groups is 2. The number of aliphatic imine (C=N–C) groups is 2. The van der Waals surface area contributed by atoms with Gasteiger partial charge >= 0.3 is 11.9 Å². The summed E-state index contributed by atoms with van der Waals surface area (Å²) in [6.07, 6.45) is 11.0. The lowest BCUT2D eigenvalue weighted by molar-refractivity contribution is -0.149. The smallest absolute Gasteiger partial charge is 0.312 e. The number of esters is 2. The van der Waals surface area contributed by atoms with Crippen LogP contribution in [-0.4, -0.2) is 47.2 Å². The topological polar surface area (TPSA) is 77.3 Å². The molecule has 2 aliphatic heterocycles. The van der Waals surface area contributed by atoms with Crippen molar-refractivity contribution < 1.29 is 19.1 Å². The van der Waals surface area contributed by atoms with Crippen LogP contribution >= 0.6 is 0 Å². The monoisotopic (exact) mass is 374 g/mol. The average molecular weight is 374 g/mol. The van der Waals surface area contributed by atoms with E-state index in [2.05, 4.69) is 0 Å². The number of nitrogens with zero attached hydrogens (tertiary/aromatic N) is 2. The third-order valence-electron chi connectivity index (χ3n) is 6.54. The van der Waals surface area contributed by atoms with Crippen LogP contribution in [-0.2, 0) is 19.1 Å². The zero-order chi connectivity index (χ0) is 18.9. The molecule has 27 heavy (non-hydrogen) atoms. The molecule has 6 nitrogen and oxygen atoms in total. The molecule has 2 aliphatic carbocycles. The first-order chi connectivity index (χ1) is 13.0. The van der Waals surface area contributed by atoms with E-state index in [0.29, 0.717) is 19.4 Å². The van der Waals surface area contributed by atoms with Crippen molar-refractivity contribution in [2.24, 2.45) is 9.98 Å². The minimum absolute atomic E-state index is 0.0304. The third-order valence-corrected chi connectivity index (χ3v) is 6.54. The first-order valence-corrected chi connectivity index (χ1v) is 10.6. The second kappa shape index (κ2) is 7.36. The van der Waals surface area contributed by atoms with E-state index in [1.165, 1.54) is 12.8 Å². The van der Waals surface area contributed by atoms with Gasteiger partial charge in [-0.1, -0.05) is 12.8 Å². The molecule has 6 heteroatoms. The highest BCUT2D eigenvalue weighted by Crippen LogP contribution is 2.39. The second-order valence-corrected chi connectivity index (χ2v) is 8.62. The molecule has 0 aromatic rings. The first-order valence-electron chi connectivity index (χ1n) is 10.6. The van der Waals surface area contributed by atoms with Gasteiger partial charge in [0.2, 0.25) is 0 Å². The molecule has 2 saturated carbocycles. The maximum absolute atomic E-state index is 11.9. The summed E-state index contributed by atoms with van der Waals surface area (Å²) in [4.78, 5) is 33.5. The van der Waals surface area contributed by atoms with E-state index >= 15 is 0 Å². The van der Waals surface area contributed by atoms with Crippen molar-refractivity contribution in [3.8, 4) is 0 Å². The van der Waals surface area contributed by atoms with Crippen molar-refractivity contribution in [3.63, 3.8) is 0 Å². The molecule has 2 heterocycles. The van der Waals surface area contributed by atoms with E-state index in [1.807, 2.05) is 6.92 Å². The molecule has 4 rings (SSSR count). The Morgan fingerprint density at radius 1 is 0.815 bits per heavy atom. The third kappa shape index (κ3) is 3.67. The van der Waals surface area contributed by atoms with Gasteiger partial charge in [-0.3, -0.25) is 19.6 Å². The largest absolute Gasteiger partial charge is 0.453 e. The minimum atomic E-state index is -0.451. The zero-order valence-electron chi connectivity index (χ0n) is 16.3. The highest BCUT2D eigenvalue weighted by atomic mass is 16.6. The van der Waals surface area contributed by atoms with Gasteiger partial charge in [0.15, 0.2) is 11.2 Å². The summed E-state index contributed by atoms with van der Waals surface area (Å²) in [5, 5.41) is 0. The summed E-state index contributed by atoms with van der Waals surface area (Å²) in [6.45, 7) is 2.56. The summed E-state index contributed by atoms with van der Waals surface area (Å²) in [5.41, 5.74) is 0.920. The normalized spacial score (nSPS) is 30.9. The highest BCUT2D eigenvalue weighted by molar-refractivity contribution is 6.10. The summed E-state index contributed by atoms with van der Waals surface area (Å²) < 4.78 is 11.4. The van der Waals surface area contributed by atoms with Crippen molar-refractivity contribution in [2.75, 3.05) is 6.54 Å². The lowest BCUT2D eigenvalue weighted by Crippen LogP contribution is -2.39. The van der Waals surface area contributed by atoms with Gasteiger partial charge in [0.25, 0.3) is 0 Å². The van der Waals surface area contributed by atoms with Crippen LogP contribution in [0.15, 0.2) is 9.98 Å². The lowest BCUT2D eigenvalue weighted by Gasteiger charge is -2.33. The molecule has 0 bridgehead atoms. The maximum Gasteiger partial charge on any atom is 0.312 e. The summed E-state index contributed by atoms with van der Waals surface area (Å²) in [7, 11) is 0. The summed E-state index contributed by atoms with van der Waals surface area (Å²) in [5.74, 6) is -0.296. The quantitative estimate of drug-likeness (QED) is 0.708. The molecule has 4 fully saturated rings. The van der Waals surface area contributed by atoms with Gasteiger partial charge in [-0.15, -0.1) is 0 Å². The van der Waals surface area contributed by atoms with E-state index in [9.17, 15) is 9.59 Å². The Morgan fingerprint density at radius 3 is 1.85 bits per heavy atom. The number of hydrogen-bond acceptors (Lipinski definition) is 6. The van der Waals surface area contributed by atoms with Crippen LogP contribution in [0.1, 0.15) is 84.0 Å². The fraction of sp³-hybridized carbons (Fsp3) is 0.810. The van der Waals surface area contributed by atoms with Gasteiger partial charge in [0, 0.05) is 0 Å². The summed E-state index contributed by atoms with van der Waals surface area (Å²) >= 11 is 0. The van der Waals surface area contributed by atoms with E-state index in [-0.39, 0.29) is 18.0 Å². The fourth-order valence-corrected chi connectivity index (χ4v) is 5.16. The Hall–Kier alpha value is -1.72. The molecule has 4 aliphatic rings. The predicted molar refractivity (Wildman–Crippen MR) is 102 cm³/mol. The maximum atomic E-state index is 11.9. The van der Waals surface area contributed by atoms with Gasteiger partial charge < -0.3 is 9.47 Å². The second-order valence-electron chi connectivity index (χ2n) is 8.62. The Labute approximate surface area is 160 Å². The molecule has 1 atom stereocenters. The van der Waals surface area contributed by atoms with Gasteiger partial charge in [-0.2, -0.15) is 0 Å². The van der Waals surface area contributed by atoms with Crippen molar-refractivity contribution in [1.29, 1.82) is 0 Å². The fourth-order valence-electron chi connectivity index (χ4n) is 5.16. The van der Waals surface area contributed by atoms with Crippen LogP contribution in [0.5, 0.6) is 0 Å². The van der Waals surface area contributed by atoms with Crippen molar-refractivity contribution in [2.45, 2.75) is 101 Å². The van der Waals surface area contributed by atoms with Crippen LogP contribution in [0.3, 0.4) is 0 Å². The number of rotatable bonds is 3. The molecular weight excluding hydrogens is 344 g/mol. The predicted octanol–water partition coefficient (Wildman–Crippen LogP) is 3.56. The van der Waals surface area contributed by atoms with Crippen LogP contribution < -0.4 is 0 Å². The molecule has 0 N–H and O–H groups in total. The van der Waals surface area contributed by atoms with Crippen molar-refractivity contribution in [1.82, 2.24) is 0 Å². The molecule has 0 aromatic carbocycles. The molecule has 0 aromatic heterocycles. The molecular formula is C21H30N2O4. The number of hydrogen-bond donors (Lipinski definition) is 0. The molecule has 2 spiro atoms. The molecule has 1 unspecified atom stereocenters. The number of carbonyl (C=O) groups excluding carboxylic acids is 2. The zero-order valence-corrected chi connectivity index (χ0v) is 16.3. The SMILES string of the molecule is CC(CN=C1CC(=O)OC12CCCCC2)N=C1CC(=O)OC12CCCCC2. The van der Waals surface area contributed by atoms with Gasteiger partial charge in [0.1, 0.15) is 0 Å². The highest BCUT2D eigenvalue weighted by Gasteiger charge is 2.48. The van der Waals surface area contributed by atoms with E-state index < -0.39 is 11.2 Å². The number of ether oxygens (including phenoxy) is 2. The van der Waals surface area contributed by atoms with Gasteiger partial charge in [0.05, 0.1) is 36.9 Å². The van der Waals surface area contributed by atoms with E-state index in [1.54, 1.807) is 0 Å². The average Bonchev–Trinajstić information content (AvgIpc) is 3.10. The molecule has 0 amide bonds. The standard InChI is InChI=1S/C21H30N2O4/c1-15(23-17-13-19(25)27-21(17)10-6-3-7-11-21)14-22-16-12-18(24)26-20(16)8-4-2-5-9-20/h15H,2-14H2,1H3. The van der Waals surface area contributed by atoms with Crippen LogP contribution in [0.4, 0.5) is 0 Å². The Kier molecular flexibility index (Phi) is 5.08. The van der Waals surface area contributed by atoms with Crippen LogP contribution in [0, 0.1) is 0 Å². The minimum Gasteiger partial charge on any atom is -0.453 e. The van der Waals surface area contributed by atoms with Gasteiger partial charge in [-0.05, 0) is 58.3 Å². The Balaban J connectivity index is 1.47. The van der Waals surface area contributed by atoms with E-state index in [0.717, 1.165) is 62.8 Å². The van der Waals surface area contributed by atoms with Gasteiger partial charge in [-0.25, -0.2) is 0 Å². The van der Waals surface area contributed by atoms with E-state index in [4.69, 9.17) is 19.5 Å². The first kappa shape index (κ1) is 18.6.